The molecule has 0 aromatic heterocycles. The molecule has 1 atom stereocenters. The van der Waals surface area contributed by atoms with E-state index in [1.54, 1.807) is 14.2 Å². The van der Waals surface area contributed by atoms with Gasteiger partial charge in [0.15, 0.2) is 19.8 Å². The average molecular weight is 336 g/mol. The van der Waals surface area contributed by atoms with Gasteiger partial charge in [0.05, 0.1) is 26.2 Å². The lowest BCUT2D eigenvalue weighted by Crippen LogP contribution is -2.41. The van der Waals surface area contributed by atoms with Gasteiger partial charge in [-0.1, -0.05) is 26.8 Å². The predicted molar refractivity (Wildman–Crippen MR) is 95.7 cm³/mol. The molecule has 0 radical (unpaired) electrons. The summed E-state index contributed by atoms with van der Waals surface area (Å²) in [5.41, 5.74) is 0.934. The van der Waals surface area contributed by atoms with Gasteiger partial charge in [-0.05, 0) is 42.2 Å². The van der Waals surface area contributed by atoms with Crippen LogP contribution in [-0.4, -0.2) is 29.1 Å². The standard InChI is InChI=1S/C18H29NO3Si/c1-18(2,3)23(6,7)22-11-10-15(13-19)14-8-9-16(20-4)17(12-14)21-5/h8-9,12,15H,10-11H2,1-7H3. The van der Waals surface area contributed by atoms with Crippen LogP contribution < -0.4 is 9.47 Å². The molecule has 0 saturated carbocycles. The Hall–Kier alpha value is -1.51. The van der Waals surface area contributed by atoms with Gasteiger partial charge in [-0.15, -0.1) is 0 Å². The maximum atomic E-state index is 9.49. The molecule has 0 aliphatic heterocycles. The van der Waals surface area contributed by atoms with Crippen molar-refractivity contribution in [2.75, 3.05) is 20.8 Å². The van der Waals surface area contributed by atoms with Crippen LogP contribution in [0.15, 0.2) is 18.2 Å². The Morgan fingerprint density at radius 2 is 1.74 bits per heavy atom. The number of methoxy groups -OCH3 is 2. The Balaban J connectivity index is 2.77. The van der Waals surface area contributed by atoms with Crippen molar-refractivity contribution in [3.05, 3.63) is 23.8 Å². The third-order valence-corrected chi connectivity index (χ3v) is 9.18. The molecule has 5 heteroatoms. The molecular weight excluding hydrogens is 306 g/mol. The largest absolute Gasteiger partial charge is 0.493 e. The van der Waals surface area contributed by atoms with Gasteiger partial charge in [0.1, 0.15) is 0 Å². The first-order valence-corrected chi connectivity index (χ1v) is 10.8. The fourth-order valence-electron chi connectivity index (χ4n) is 2.02. The first-order chi connectivity index (χ1) is 10.7. The summed E-state index contributed by atoms with van der Waals surface area (Å²) in [7, 11) is 1.43. The zero-order chi connectivity index (χ0) is 17.7. The number of rotatable bonds is 7. The molecule has 0 N–H and O–H groups in total. The summed E-state index contributed by atoms with van der Waals surface area (Å²) in [5.74, 6) is 1.11. The summed E-state index contributed by atoms with van der Waals surface area (Å²) in [6.07, 6.45) is 0.679. The topological polar surface area (TPSA) is 51.5 Å². The summed E-state index contributed by atoms with van der Waals surface area (Å²) in [5, 5.41) is 9.67. The van der Waals surface area contributed by atoms with Crippen molar-refractivity contribution < 1.29 is 13.9 Å². The van der Waals surface area contributed by atoms with Crippen molar-refractivity contribution in [3.8, 4) is 17.6 Å². The summed E-state index contributed by atoms with van der Waals surface area (Å²) < 4.78 is 16.7. The van der Waals surface area contributed by atoms with Crippen LogP contribution in [0.2, 0.25) is 18.1 Å². The molecule has 0 bridgehead atoms. The molecule has 0 heterocycles. The third kappa shape index (κ3) is 4.98. The second-order valence-electron chi connectivity index (χ2n) is 7.19. The highest BCUT2D eigenvalue weighted by Gasteiger charge is 2.37. The molecule has 0 aliphatic carbocycles. The first kappa shape index (κ1) is 19.5. The van der Waals surface area contributed by atoms with Crippen LogP contribution in [0.4, 0.5) is 0 Å². The Bertz CT molecular complexity index is 558. The van der Waals surface area contributed by atoms with Gasteiger partial charge in [0.2, 0.25) is 0 Å². The van der Waals surface area contributed by atoms with E-state index in [2.05, 4.69) is 39.9 Å². The lowest BCUT2D eigenvalue weighted by Gasteiger charge is -2.36. The highest BCUT2D eigenvalue weighted by molar-refractivity contribution is 6.74. The SMILES string of the molecule is COc1ccc(C(C#N)CCO[Si](C)(C)C(C)(C)C)cc1OC. The Labute approximate surface area is 141 Å². The number of hydrogen-bond acceptors (Lipinski definition) is 4. The highest BCUT2D eigenvalue weighted by Crippen LogP contribution is 2.37. The first-order valence-electron chi connectivity index (χ1n) is 7.91. The van der Waals surface area contributed by atoms with Gasteiger partial charge in [0, 0.05) is 6.61 Å². The molecule has 23 heavy (non-hydrogen) atoms. The van der Waals surface area contributed by atoms with Gasteiger partial charge in [-0.25, -0.2) is 0 Å². The van der Waals surface area contributed by atoms with E-state index in [9.17, 15) is 5.26 Å². The lowest BCUT2D eigenvalue weighted by molar-refractivity contribution is 0.278. The minimum Gasteiger partial charge on any atom is -0.493 e. The fourth-order valence-corrected chi connectivity index (χ4v) is 3.08. The third-order valence-electron chi connectivity index (χ3n) is 4.64. The number of ether oxygens (including phenoxy) is 2. The van der Waals surface area contributed by atoms with E-state index in [1.807, 2.05) is 18.2 Å². The Morgan fingerprint density at radius 1 is 1.13 bits per heavy atom. The number of nitrogens with zero attached hydrogens (tertiary/aromatic N) is 1. The molecule has 1 aromatic carbocycles. The number of nitriles is 1. The van der Waals surface area contributed by atoms with Crippen LogP contribution in [0.25, 0.3) is 0 Å². The van der Waals surface area contributed by atoms with Gasteiger partial charge in [-0.2, -0.15) is 5.26 Å². The lowest BCUT2D eigenvalue weighted by atomic mass is 9.97. The van der Waals surface area contributed by atoms with Crippen LogP contribution in [0.5, 0.6) is 11.5 Å². The second kappa shape index (κ2) is 7.85. The molecular formula is C18H29NO3Si. The van der Waals surface area contributed by atoms with E-state index >= 15 is 0 Å². The van der Waals surface area contributed by atoms with E-state index in [4.69, 9.17) is 13.9 Å². The van der Waals surface area contributed by atoms with E-state index in [0.29, 0.717) is 24.5 Å². The normalized spacial score (nSPS) is 13.3. The quantitative estimate of drug-likeness (QED) is 0.676. The zero-order valence-electron chi connectivity index (χ0n) is 15.4. The van der Waals surface area contributed by atoms with Crippen molar-refractivity contribution in [1.29, 1.82) is 5.26 Å². The molecule has 0 saturated heterocycles. The van der Waals surface area contributed by atoms with Crippen LogP contribution in [0, 0.1) is 11.3 Å². The minimum atomic E-state index is -1.77. The molecule has 1 rings (SSSR count). The average Bonchev–Trinajstić information content (AvgIpc) is 2.49. The van der Waals surface area contributed by atoms with Gasteiger partial charge in [0.25, 0.3) is 0 Å². The van der Waals surface area contributed by atoms with Crippen LogP contribution in [0.3, 0.4) is 0 Å². The van der Waals surface area contributed by atoms with E-state index in [-0.39, 0.29) is 11.0 Å². The molecule has 0 spiro atoms. The number of benzene rings is 1. The van der Waals surface area contributed by atoms with Crippen molar-refractivity contribution in [2.45, 2.75) is 51.2 Å². The molecule has 0 aliphatic rings. The summed E-state index contributed by atoms with van der Waals surface area (Å²) in [4.78, 5) is 0. The van der Waals surface area contributed by atoms with Crippen molar-refractivity contribution in [1.82, 2.24) is 0 Å². The van der Waals surface area contributed by atoms with Crippen LogP contribution in [-0.2, 0) is 4.43 Å². The molecule has 128 valence electrons. The van der Waals surface area contributed by atoms with Crippen molar-refractivity contribution in [2.24, 2.45) is 0 Å². The van der Waals surface area contributed by atoms with Gasteiger partial charge >= 0.3 is 0 Å². The molecule has 0 amide bonds. The van der Waals surface area contributed by atoms with Gasteiger partial charge in [-0.3, -0.25) is 0 Å². The minimum absolute atomic E-state index is 0.179. The van der Waals surface area contributed by atoms with Crippen LogP contribution >= 0.6 is 0 Å². The van der Waals surface area contributed by atoms with E-state index < -0.39 is 8.32 Å². The second-order valence-corrected chi connectivity index (χ2v) is 12.0. The molecule has 4 nitrogen and oxygen atoms in total. The maximum Gasteiger partial charge on any atom is 0.191 e. The zero-order valence-corrected chi connectivity index (χ0v) is 16.4. The Morgan fingerprint density at radius 3 is 2.22 bits per heavy atom. The monoisotopic (exact) mass is 335 g/mol. The maximum absolute atomic E-state index is 9.49. The summed E-state index contributed by atoms with van der Waals surface area (Å²) >= 11 is 0. The predicted octanol–water partition coefficient (Wildman–Crippen LogP) is 4.72. The molecule has 1 unspecified atom stereocenters. The molecule has 1 aromatic rings. The summed E-state index contributed by atoms with van der Waals surface area (Å²) in [6.45, 7) is 11.7. The van der Waals surface area contributed by atoms with Crippen molar-refractivity contribution >= 4 is 8.32 Å². The highest BCUT2D eigenvalue weighted by atomic mass is 28.4. The summed E-state index contributed by atoms with van der Waals surface area (Å²) in [6, 6.07) is 8.00. The van der Waals surface area contributed by atoms with Crippen molar-refractivity contribution in [3.63, 3.8) is 0 Å². The van der Waals surface area contributed by atoms with Gasteiger partial charge < -0.3 is 13.9 Å². The van der Waals surface area contributed by atoms with E-state index in [0.717, 1.165) is 5.56 Å². The smallest absolute Gasteiger partial charge is 0.191 e. The Kier molecular flexibility index (Phi) is 6.66. The van der Waals surface area contributed by atoms with Crippen LogP contribution in [0.1, 0.15) is 38.7 Å². The fraction of sp³-hybridized carbons (Fsp3) is 0.611. The molecule has 0 fully saturated rings. The van der Waals surface area contributed by atoms with E-state index in [1.165, 1.54) is 0 Å². The number of hydrogen-bond donors (Lipinski definition) is 0.